The van der Waals surface area contributed by atoms with Crippen molar-refractivity contribution in [2.45, 2.75) is 266 Å². The Morgan fingerprint density at radius 2 is 1.08 bits per heavy atom. The third-order valence-electron chi connectivity index (χ3n) is 20.0. The van der Waals surface area contributed by atoms with Gasteiger partial charge in [0.2, 0.25) is 0 Å². The second-order valence-corrected chi connectivity index (χ2v) is 24.3. The van der Waals surface area contributed by atoms with Crippen LogP contribution in [0.15, 0.2) is 11.6 Å². The van der Waals surface area contributed by atoms with E-state index in [-0.39, 0.29) is 67.5 Å². The van der Waals surface area contributed by atoms with Crippen LogP contribution in [0.4, 0.5) is 0 Å². The summed E-state index contributed by atoms with van der Waals surface area (Å²) in [4.78, 5) is 12.0. The van der Waals surface area contributed by atoms with Gasteiger partial charge in [-0.2, -0.15) is 0 Å². The Labute approximate surface area is 437 Å². The van der Waals surface area contributed by atoms with E-state index in [0.717, 1.165) is 37.7 Å². The zero-order valence-electron chi connectivity index (χ0n) is 43.9. The van der Waals surface area contributed by atoms with Crippen LogP contribution < -0.4 is 0 Å². The minimum atomic E-state index is -1.66. The van der Waals surface area contributed by atoms with Gasteiger partial charge in [0.1, 0.15) is 55.4 Å². The molecule has 5 saturated heterocycles. The number of cyclic esters (lactones) is 1. The van der Waals surface area contributed by atoms with Crippen LogP contribution in [0.1, 0.15) is 119 Å². The fourth-order valence-corrected chi connectivity index (χ4v) is 15.8. The molecule has 10 N–H and O–H groups in total. The van der Waals surface area contributed by atoms with E-state index < -0.39 is 153 Å². The number of carbonyl (C=O) groups excluding carboxylic acids is 1. The van der Waals surface area contributed by atoms with Crippen LogP contribution >= 0.6 is 0 Å². The van der Waals surface area contributed by atoms with Crippen molar-refractivity contribution in [2.75, 3.05) is 13.2 Å². The van der Waals surface area contributed by atoms with E-state index in [1.807, 2.05) is 13.8 Å². The van der Waals surface area contributed by atoms with Crippen LogP contribution in [0.3, 0.4) is 0 Å². The van der Waals surface area contributed by atoms with Crippen LogP contribution in [-0.4, -0.2) is 217 Å². The molecular formula is C53H84O22. The van der Waals surface area contributed by atoms with E-state index in [1.165, 1.54) is 0 Å². The molecular weight excluding hydrogens is 989 g/mol. The van der Waals surface area contributed by atoms with Gasteiger partial charge in [-0.15, -0.1) is 0 Å². The van der Waals surface area contributed by atoms with Gasteiger partial charge in [0.15, 0.2) is 31.5 Å². The van der Waals surface area contributed by atoms with Crippen molar-refractivity contribution in [1.82, 2.24) is 0 Å². The number of fused-ring (bicyclic) bond motifs is 5. The van der Waals surface area contributed by atoms with Gasteiger partial charge >= 0.3 is 5.97 Å². The molecule has 0 aromatic rings. The van der Waals surface area contributed by atoms with E-state index in [4.69, 9.17) is 52.1 Å². The molecule has 0 unspecified atom stereocenters. The average molecular weight is 1070 g/mol. The summed E-state index contributed by atoms with van der Waals surface area (Å²) < 4.78 is 66.4. The Balaban J connectivity index is 0.661. The number of carbonyl (C=O) groups is 1. The Bertz CT molecular complexity index is 1970. The van der Waals surface area contributed by atoms with E-state index in [1.54, 1.807) is 26.8 Å². The summed E-state index contributed by atoms with van der Waals surface area (Å²) in [5.41, 5.74) is -1.01. The van der Waals surface area contributed by atoms with E-state index in [2.05, 4.69) is 6.92 Å². The van der Waals surface area contributed by atoms with Gasteiger partial charge in [-0.05, 0) is 114 Å². The quantitative estimate of drug-likeness (QED) is 0.0903. The first kappa shape index (κ1) is 56.7. The number of aliphatic hydroxyl groups is 10. The van der Waals surface area contributed by atoms with Gasteiger partial charge < -0.3 is 103 Å². The lowest BCUT2D eigenvalue weighted by atomic mass is 9.42. The monoisotopic (exact) mass is 1070 g/mol. The molecule has 0 aromatic heterocycles. The highest BCUT2D eigenvalue weighted by molar-refractivity contribution is 5.85. The summed E-state index contributed by atoms with van der Waals surface area (Å²) in [5, 5.41) is 110. The molecule has 0 radical (unpaired) electrons. The van der Waals surface area contributed by atoms with Crippen molar-refractivity contribution in [3.05, 3.63) is 11.6 Å². The average Bonchev–Trinajstić information content (AvgIpc) is 3.92. The van der Waals surface area contributed by atoms with Crippen molar-refractivity contribution >= 4 is 5.97 Å². The molecule has 0 amide bonds. The summed E-state index contributed by atoms with van der Waals surface area (Å²) in [6, 6.07) is 0. The highest BCUT2D eigenvalue weighted by Crippen LogP contribution is 2.70. The fourth-order valence-electron chi connectivity index (χ4n) is 15.8. The lowest BCUT2D eigenvalue weighted by molar-refractivity contribution is -0.356. The second kappa shape index (κ2) is 22.0. The molecule has 22 heteroatoms. The van der Waals surface area contributed by atoms with Crippen molar-refractivity contribution in [1.29, 1.82) is 0 Å². The molecule has 428 valence electrons. The fraction of sp³-hybridized carbons (Fsp3) is 0.943. The molecule has 10 rings (SSSR count). The summed E-state index contributed by atoms with van der Waals surface area (Å²) in [6.45, 7) is 10.8. The molecule has 0 aromatic carbocycles. The lowest BCUT2D eigenvalue weighted by Gasteiger charge is -2.65. The largest absolute Gasteiger partial charge is 0.458 e. The van der Waals surface area contributed by atoms with Crippen LogP contribution in [0, 0.1) is 34.5 Å². The molecule has 6 aliphatic heterocycles. The molecule has 30 atom stereocenters. The van der Waals surface area contributed by atoms with Crippen LogP contribution in [0.25, 0.3) is 0 Å². The molecule has 10 aliphatic rings. The van der Waals surface area contributed by atoms with Crippen molar-refractivity contribution in [2.24, 2.45) is 34.5 Å². The molecule has 4 aliphatic carbocycles. The number of hydrogen-bond acceptors (Lipinski definition) is 22. The summed E-state index contributed by atoms with van der Waals surface area (Å²) >= 11 is 0. The van der Waals surface area contributed by atoms with Crippen molar-refractivity contribution in [3.8, 4) is 0 Å². The highest BCUT2D eigenvalue weighted by atomic mass is 16.8. The first-order chi connectivity index (χ1) is 35.5. The molecule has 0 bridgehead atoms. The molecule has 0 spiro atoms. The van der Waals surface area contributed by atoms with Crippen LogP contribution in [0.5, 0.6) is 0 Å². The van der Waals surface area contributed by atoms with Gasteiger partial charge in [0, 0.05) is 37.2 Å². The summed E-state index contributed by atoms with van der Waals surface area (Å²) in [5.74, 6) is 0.0574. The minimum absolute atomic E-state index is 0.0223. The maximum absolute atomic E-state index is 12.6. The van der Waals surface area contributed by atoms with Crippen molar-refractivity contribution in [3.63, 3.8) is 0 Å². The van der Waals surface area contributed by atoms with E-state index in [9.17, 15) is 55.9 Å². The first-order valence-corrected chi connectivity index (χ1v) is 27.7. The number of hydrogen-bond donors (Lipinski definition) is 10. The van der Waals surface area contributed by atoms with Crippen LogP contribution in [0.2, 0.25) is 0 Å². The maximum atomic E-state index is 12.6. The van der Waals surface area contributed by atoms with E-state index >= 15 is 0 Å². The number of aliphatic hydroxyl groups excluding tert-OH is 9. The normalized spacial score (nSPS) is 55.3. The molecule has 6 heterocycles. The SMILES string of the molecule is C[C@H]1O[C@@H](O[C@H]2CC[C@@]3(C)[C@H](CC[C@@H]4[C@@H]3C[C@@H](O)[C@]3(C)[C@@H](C5=CC(=O)OC5)CC[C@]43O)C2)C[C@H](O)[C@@H]1O[C@H]1C[C@H](O)[C@H](O[C@H]2C[C@H](O)[C@H](O[C@H]3C[C@H](O)[C@H](O[C@@H]4O[C@H](CO)[C@@H](O)[C@H](O)[C@H]4O)[C@@H](C)O3)[C@@H](C)O2)[C@@H](C)O1. The van der Waals surface area contributed by atoms with Crippen molar-refractivity contribution < 1.29 is 108 Å². The van der Waals surface area contributed by atoms with Gasteiger partial charge in [-0.1, -0.05) is 13.8 Å². The maximum Gasteiger partial charge on any atom is 0.331 e. The smallest absolute Gasteiger partial charge is 0.331 e. The molecule has 4 saturated carbocycles. The zero-order valence-corrected chi connectivity index (χ0v) is 43.9. The Kier molecular flexibility index (Phi) is 16.7. The third-order valence-corrected chi connectivity index (χ3v) is 20.0. The predicted molar refractivity (Wildman–Crippen MR) is 255 cm³/mol. The predicted octanol–water partition coefficient (Wildman–Crippen LogP) is -0.0767. The first-order valence-electron chi connectivity index (χ1n) is 27.7. The van der Waals surface area contributed by atoms with E-state index in [0.29, 0.717) is 25.2 Å². The Morgan fingerprint density at radius 3 is 1.56 bits per heavy atom. The third kappa shape index (κ3) is 10.4. The second-order valence-electron chi connectivity index (χ2n) is 24.3. The van der Waals surface area contributed by atoms with Gasteiger partial charge in [0.25, 0.3) is 0 Å². The highest BCUT2D eigenvalue weighted by Gasteiger charge is 2.71. The zero-order chi connectivity index (χ0) is 53.6. The van der Waals surface area contributed by atoms with Crippen LogP contribution in [-0.2, 0) is 56.9 Å². The van der Waals surface area contributed by atoms with Gasteiger partial charge in [-0.25, -0.2) is 4.79 Å². The summed E-state index contributed by atoms with van der Waals surface area (Å²) in [6.07, 6.45) is -14.7. The number of esters is 1. The molecule has 22 nitrogen and oxygen atoms in total. The molecule has 9 fully saturated rings. The topological polar surface area (TPSA) is 321 Å². The summed E-state index contributed by atoms with van der Waals surface area (Å²) in [7, 11) is 0. The lowest BCUT2D eigenvalue weighted by Crippen LogP contribution is -2.67. The van der Waals surface area contributed by atoms with Gasteiger partial charge in [0.05, 0.1) is 73.2 Å². The Hall–Kier alpha value is -1.59. The number of rotatable bonds is 12. The minimum Gasteiger partial charge on any atom is -0.458 e. The molecule has 75 heavy (non-hydrogen) atoms. The standard InChI is InChI=1S/C53H84O22/c1-22-46(32(55)16-39(66-22)70-28-9-11-51(5)27(14-28)7-8-30-31(51)15-37(59)52(6)29(10-12-53(30,52)64)26-13-38(60)65-21-26)72-40-17-33(56)47(23(2)67-40)73-41-18-34(57)48(24(3)68-41)74-42-19-35(58)49(25(4)69-42)75-50-45(63)44(62)43(61)36(20-54)71-50/h13,22-25,27-37,39-50,54-59,61-64H,7-12,14-21H2,1-6H3/t22-,23-,24-,25-,27-,28+,29-,30-,31+,32+,33+,34+,35+,36-,37-,39+,40+,41+,42+,43-,44+,45-,46-,47-,48-,49-,50+,51+,52+,53+/m1/s1. The Morgan fingerprint density at radius 1 is 0.573 bits per heavy atom. The van der Waals surface area contributed by atoms with Gasteiger partial charge in [-0.3, -0.25) is 0 Å². The number of ether oxygens (including phenoxy) is 11.